The van der Waals surface area contributed by atoms with E-state index >= 15 is 0 Å². The molecule has 2 N–H and O–H groups in total. The van der Waals surface area contributed by atoms with E-state index in [4.69, 9.17) is 5.11 Å². The summed E-state index contributed by atoms with van der Waals surface area (Å²) >= 11 is 0. The monoisotopic (exact) mass is 155 g/mol. The first-order chi connectivity index (χ1) is 5.33. The molecule has 0 radical (unpaired) electrons. The van der Waals surface area contributed by atoms with Crippen molar-refractivity contribution >= 4 is 5.91 Å². The van der Waals surface area contributed by atoms with Gasteiger partial charge < -0.3 is 10.4 Å². The molecular formula is C8H13NO2. The highest BCUT2D eigenvalue weighted by Crippen LogP contribution is 2.02. The van der Waals surface area contributed by atoms with Gasteiger partial charge in [0.15, 0.2) is 0 Å². The first-order valence-corrected chi connectivity index (χ1v) is 3.90. The van der Waals surface area contributed by atoms with Gasteiger partial charge in [-0.05, 0) is 12.8 Å². The Balaban J connectivity index is 2.50. The average molecular weight is 155 g/mol. The highest BCUT2D eigenvalue weighted by molar-refractivity contribution is 5.76. The van der Waals surface area contributed by atoms with Gasteiger partial charge in [-0.2, -0.15) is 0 Å². The van der Waals surface area contributed by atoms with Crippen LogP contribution in [0.5, 0.6) is 0 Å². The third kappa shape index (κ3) is 2.72. The number of carbonyl (C=O) groups excluding carboxylic acids is 1. The zero-order chi connectivity index (χ0) is 8.10. The maximum atomic E-state index is 10.9. The van der Waals surface area contributed by atoms with Crippen LogP contribution in [0.4, 0.5) is 0 Å². The van der Waals surface area contributed by atoms with Gasteiger partial charge in [0.25, 0.3) is 0 Å². The number of aliphatic hydroxyl groups excluding tert-OH is 1. The predicted molar refractivity (Wildman–Crippen MR) is 42.0 cm³/mol. The Labute approximate surface area is 66.1 Å². The summed E-state index contributed by atoms with van der Waals surface area (Å²) in [4.78, 5) is 10.9. The van der Waals surface area contributed by atoms with Crippen molar-refractivity contribution in [1.82, 2.24) is 5.32 Å². The molecule has 0 aromatic heterocycles. The van der Waals surface area contributed by atoms with Crippen LogP contribution >= 0.6 is 0 Å². The molecule has 0 aromatic carbocycles. The maximum Gasteiger partial charge on any atom is 0.220 e. The third-order valence-corrected chi connectivity index (χ3v) is 1.69. The van der Waals surface area contributed by atoms with Crippen LogP contribution in [0.3, 0.4) is 0 Å². The minimum atomic E-state index is -0.178. The lowest BCUT2D eigenvalue weighted by molar-refractivity contribution is -0.121. The zero-order valence-electron chi connectivity index (χ0n) is 6.42. The molecule has 1 atom stereocenters. The topological polar surface area (TPSA) is 49.3 Å². The number of hydrogen-bond donors (Lipinski definition) is 2. The first-order valence-electron chi connectivity index (χ1n) is 3.90. The fraction of sp³-hybridized carbons (Fsp3) is 0.625. The van der Waals surface area contributed by atoms with Crippen LogP contribution in [0.1, 0.15) is 19.3 Å². The molecule has 1 unspecified atom stereocenters. The van der Waals surface area contributed by atoms with Crippen molar-refractivity contribution in [3.05, 3.63) is 12.2 Å². The summed E-state index contributed by atoms with van der Waals surface area (Å²) in [5, 5.41) is 11.5. The Morgan fingerprint density at radius 3 is 3.27 bits per heavy atom. The van der Waals surface area contributed by atoms with Crippen LogP contribution in [-0.4, -0.2) is 23.7 Å². The van der Waals surface area contributed by atoms with Crippen LogP contribution in [0.15, 0.2) is 12.2 Å². The largest absolute Gasteiger partial charge is 0.394 e. The van der Waals surface area contributed by atoms with E-state index in [2.05, 4.69) is 5.32 Å². The summed E-state index contributed by atoms with van der Waals surface area (Å²) in [6.45, 7) is -0.0117. The van der Waals surface area contributed by atoms with Gasteiger partial charge in [-0.15, -0.1) is 0 Å². The van der Waals surface area contributed by atoms with Crippen molar-refractivity contribution in [2.24, 2.45) is 0 Å². The highest BCUT2D eigenvalue weighted by atomic mass is 16.3. The summed E-state index contributed by atoms with van der Waals surface area (Å²) in [7, 11) is 0. The summed E-state index contributed by atoms with van der Waals surface area (Å²) in [6.07, 6.45) is 6.25. The van der Waals surface area contributed by atoms with Gasteiger partial charge in [0.2, 0.25) is 5.91 Å². The van der Waals surface area contributed by atoms with E-state index in [9.17, 15) is 4.79 Å². The molecule has 62 valence electrons. The Hall–Kier alpha value is -0.830. The molecule has 3 nitrogen and oxygen atoms in total. The molecule has 1 amide bonds. The quantitative estimate of drug-likeness (QED) is 0.531. The van der Waals surface area contributed by atoms with E-state index in [1.54, 1.807) is 0 Å². The van der Waals surface area contributed by atoms with Crippen molar-refractivity contribution in [2.45, 2.75) is 25.3 Å². The molecule has 3 heteroatoms. The van der Waals surface area contributed by atoms with Crippen LogP contribution in [0.25, 0.3) is 0 Å². The normalized spacial score (nSPS) is 28.5. The second-order valence-corrected chi connectivity index (χ2v) is 2.68. The summed E-state index contributed by atoms with van der Waals surface area (Å²) in [5.41, 5.74) is 0. The smallest absolute Gasteiger partial charge is 0.220 e. The first kappa shape index (κ1) is 8.27. The standard InChI is InChI=1S/C8H13NO2/c10-6-7-4-2-1-3-5-8(11)9-7/h2,4,7,10H,1,3,5-6H2,(H,9,11)/b4-2-. The van der Waals surface area contributed by atoms with E-state index in [0.29, 0.717) is 6.42 Å². The van der Waals surface area contributed by atoms with Crippen LogP contribution in [0.2, 0.25) is 0 Å². The molecular weight excluding hydrogens is 142 g/mol. The summed E-state index contributed by atoms with van der Waals surface area (Å²) < 4.78 is 0. The molecule has 0 saturated heterocycles. The number of hydrogen-bond acceptors (Lipinski definition) is 2. The fourth-order valence-electron chi connectivity index (χ4n) is 1.07. The Kier molecular flexibility index (Phi) is 3.11. The third-order valence-electron chi connectivity index (χ3n) is 1.69. The zero-order valence-corrected chi connectivity index (χ0v) is 6.42. The molecule has 0 spiro atoms. The molecule has 1 heterocycles. The lowest BCUT2D eigenvalue weighted by Gasteiger charge is -2.13. The van der Waals surface area contributed by atoms with Crippen LogP contribution in [0, 0.1) is 0 Å². The second kappa shape index (κ2) is 4.13. The molecule has 0 aromatic rings. The summed E-state index contributed by atoms with van der Waals surface area (Å²) in [6, 6.07) is -0.178. The maximum absolute atomic E-state index is 10.9. The lowest BCUT2D eigenvalue weighted by atomic mass is 10.1. The summed E-state index contributed by atoms with van der Waals surface area (Å²) in [5.74, 6) is 0.0356. The van der Waals surface area contributed by atoms with Crippen molar-refractivity contribution in [3.63, 3.8) is 0 Å². The van der Waals surface area contributed by atoms with Crippen molar-refractivity contribution in [2.75, 3.05) is 6.61 Å². The van der Waals surface area contributed by atoms with Gasteiger partial charge in [0, 0.05) is 6.42 Å². The Morgan fingerprint density at radius 1 is 1.73 bits per heavy atom. The number of nitrogens with one attached hydrogen (secondary N) is 1. The minimum absolute atomic E-state index is 0.0117. The van der Waals surface area contributed by atoms with E-state index in [1.807, 2.05) is 12.2 Å². The van der Waals surface area contributed by atoms with Crippen molar-refractivity contribution < 1.29 is 9.90 Å². The van der Waals surface area contributed by atoms with Gasteiger partial charge >= 0.3 is 0 Å². The molecule has 0 bridgehead atoms. The Bertz CT molecular complexity index is 165. The van der Waals surface area contributed by atoms with E-state index in [-0.39, 0.29) is 18.6 Å². The van der Waals surface area contributed by atoms with E-state index in [1.165, 1.54) is 0 Å². The lowest BCUT2D eigenvalue weighted by Crippen LogP contribution is -2.36. The number of amides is 1. The molecule has 0 aliphatic carbocycles. The molecule has 1 rings (SSSR count). The number of carbonyl (C=O) groups is 1. The fourth-order valence-corrected chi connectivity index (χ4v) is 1.07. The number of aliphatic hydroxyl groups is 1. The minimum Gasteiger partial charge on any atom is -0.394 e. The van der Waals surface area contributed by atoms with Crippen molar-refractivity contribution in [1.29, 1.82) is 0 Å². The van der Waals surface area contributed by atoms with Gasteiger partial charge in [-0.3, -0.25) is 4.79 Å². The second-order valence-electron chi connectivity index (χ2n) is 2.68. The molecule has 0 fully saturated rings. The van der Waals surface area contributed by atoms with Gasteiger partial charge in [-0.1, -0.05) is 12.2 Å². The van der Waals surface area contributed by atoms with Crippen LogP contribution < -0.4 is 5.32 Å². The predicted octanol–water partition coefficient (Wildman–Crippen LogP) is 0.204. The van der Waals surface area contributed by atoms with Gasteiger partial charge in [-0.25, -0.2) is 0 Å². The molecule has 11 heavy (non-hydrogen) atoms. The molecule has 1 aliphatic rings. The number of rotatable bonds is 1. The molecule has 1 aliphatic heterocycles. The van der Waals surface area contributed by atoms with Crippen molar-refractivity contribution in [3.8, 4) is 0 Å². The Morgan fingerprint density at radius 2 is 2.55 bits per heavy atom. The average Bonchev–Trinajstić information content (AvgIpc) is 1.96. The van der Waals surface area contributed by atoms with Crippen LogP contribution in [-0.2, 0) is 4.79 Å². The van der Waals surface area contributed by atoms with Gasteiger partial charge in [0.1, 0.15) is 0 Å². The van der Waals surface area contributed by atoms with E-state index in [0.717, 1.165) is 12.8 Å². The van der Waals surface area contributed by atoms with E-state index < -0.39 is 0 Å². The van der Waals surface area contributed by atoms with Gasteiger partial charge in [0.05, 0.1) is 12.6 Å². The number of allylic oxidation sites excluding steroid dienone is 1. The SMILES string of the molecule is O=C1CCC/C=C\C(CO)N1. The highest BCUT2D eigenvalue weighted by Gasteiger charge is 2.09. The molecule has 0 saturated carbocycles.